The highest BCUT2D eigenvalue weighted by Crippen LogP contribution is 1.93. The van der Waals surface area contributed by atoms with Gasteiger partial charge in [-0.3, -0.25) is 4.79 Å². The highest BCUT2D eigenvalue weighted by Gasteiger charge is 2.13. The lowest BCUT2D eigenvalue weighted by molar-refractivity contribution is -0.122. The second-order valence-electron chi connectivity index (χ2n) is 3.60. The molecule has 88 valence electrons. The van der Waals surface area contributed by atoms with E-state index in [9.17, 15) is 4.79 Å². The summed E-state index contributed by atoms with van der Waals surface area (Å²) in [4.78, 5) is 11.5. The summed E-state index contributed by atoms with van der Waals surface area (Å²) in [7, 11) is 1.67. The number of nitrogens with one attached hydrogen (secondary N) is 2. The Labute approximate surface area is 92.1 Å². The van der Waals surface area contributed by atoms with Crippen LogP contribution < -0.4 is 10.6 Å². The van der Waals surface area contributed by atoms with Crippen molar-refractivity contribution in [1.82, 2.24) is 10.6 Å². The van der Waals surface area contributed by atoms with E-state index in [1.54, 1.807) is 13.2 Å². The number of rotatable bonds is 8. The minimum absolute atomic E-state index is 0.000771. The van der Waals surface area contributed by atoms with E-state index in [2.05, 4.69) is 17.2 Å². The highest BCUT2D eigenvalue weighted by molar-refractivity contribution is 5.81. The molecule has 0 radical (unpaired) electrons. The van der Waals surface area contributed by atoms with Gasteiger partial charge in [-0.2, -0.15) is 0 Å². The molecule has 0 aromatic carbocycles. The second kappa shape index (κ2) is 8.44. The van der Waals surface area contributed by atoms with Gasteiger partial charge in [0.1, 0.15) is 0 Å². The molecular formula is C11H22N2O2. The van der Waals surface area contributed by atoms with Gasteiger partial charge in [0.05, 0.1) is 6.04 Å². The number of methoxy groups -OCH3 is 1. The molecule has 0 aliphatic heterocycles. The Balaban J connectivity index is 3.74. The summed E-state index contributed by atoms with van der Waals surface area (Å²) >= 11 is 0. The molecule has 2 N–H and O–H groups in total. The van der Waals surface area contributed by atoms with Crippen LogP contribution in [-0.2, 0) is 9.53 Å². The van der Waals surface area contributed by atoms with Crippen molar-refractivity contribution < 1.29 is 9.53 Å². The molecule has 0 aliphatic rings. The number of amides is 1. The van der Waals surface area contributed by atoms with Crippen molar-refractivity contribution in [3.63, 3.8) is 0 Å². The molecule has 2 atom stereocenters. The molecule has 1 amide bonds. The first-order chi connectivity index (χ1) is 7.11. The molecule has 0 fully saturated rings. The van der Waals surface area contributed by atoms with Gasteiger partial charge in [0.25, 0.3) is 0 Å². The number of ether oxygens (including phenoxy) is 1. The molecular weight excluding hydrogens is 192 g/mol. The standard InChI is InChI=1S/C11H22N2O2/c1-5-7-12-11(14)10(3)13-9(2)6-8-15-4/h5,9-10,13H,1,6-8H2,2-4H3,(H,12,14). The predicted octanol–water partition coefficient (Wildman–Crippen LogP) is 0.692. The van der Waals surface area contributed by atoms with Gasteiger partial charge in [-0.1, -0.05) is 6.08 Å². The lowest BCUT2D eigenvalue weighted by Crippen LogP contribution is -2.46. The van der Waals surface area contributed by atoms with Gasteiger partial charge < -0.3 is 15.4 Å². The van der Waals surface area contributed by atoms with Crippen LogP contribution in [-0.4, -0.2) is 38.3 Å². The summed E-state index contributed by atoms with van der Waals surface area (Å²) in [6.45, 7) is 8.64. The molecule has 4 heteroatoms. The van der Waals surface area contributed by atoms with E-state index < -0.39 is 0 Å². The van der Waals surface area contributed by atoms with Gasteiger partial charge in [-0.25, -0.2) is 0 Å². The first-order valence-corrected chi connectivity index (χ1v) is 5.25. The van der Waals surface area contributed by atoms with Crippen LogP contribution in [0.15, 0.2) is 12.7 Å². The third-order valence-corrected chi connectivity index (χ3v) is 2.10. The van der Waals surface area contributed by atoms with Crippen LogP contribution in [0.4, 0.5) is 0 Å². The zero-order valence-corrected chi connectivity index (χ0v) is 9.88. The fourth-order valence-corrected chi connectivity index (χ4v) is 1.21. The largest absolute Gasteiger partial charge is 0.385 e. The first-order valence-electron chi connectivity index (χ1n) is 5.25. The minimum Gasteiger partial charge on any atom is -0.385 e. The van der Waals surface area contributed by atoms with Gasteiger partial charge in [-0.05, 0) is 20.3 Å². The van der Waals surface area contributed by atoms with Gasteiger partial charge >= 0.3 is 0 Å². The topological polar surface area (TPSA) is 50.4 Å². The number of hydrogen-bond acceptors (Lipinski definition) is 3. The molecule has 0 heterocycles. The molecule has 0 aromatic rings. The Kier molecular flexibility index (Phi) is 7.95. The van der Waals surface area contributed by atoms with Gasteiger partial charge in [0, 0.05) is 26.3 Å². The molecule has 2 unspecified atom stereocenters. The van der Waals surface area contributed by atoms with E-state index >= 15 is 0 Å². The fourth-order valence-electron chi connectivity index (χ4n) is 1.21. The molecule has 0 spiro atoms. The van der Waals surface area contributed by atoms with Crippen LogP contribution in [0, 0.1) is 0 Å². The average Bonchev–Trinajstić information content (AvgIpc) is 2.22. The van der Waals surface area contributed by atoms with E-state index in [-0.39, 0.29) is 18.0 Å². The summed E-state index contributed by atoms with van der Waals surface area (Å²) in [5.41, 5.74) is 0. The van der Waals surface area contributed by atoms with Crippen molar-refractivity contribution in [2.24, 2.45) is 0 Å². The van der Waals surface area contributed by atoms with Crippen molar-refractivity contribution in [2.75, 3.05) is 20.3 Å². The van der Waals surface area contributed by atoms with E-state index in [0.29, 0.717) is 13.2 Å². The molecule has 0 aromatic heterocycles. The predicted molar refractivity (Wildman–Crippen MR) is 61.8 cm³/mol. The van der Waals surface area contributed by atoms with Gasteiger partial charge in [0.2, 0.25) is 5.91 Å². The SMILES string of the molecule is C=CCNC(=O)C(C)NC(C)CCOC. The van der Waals surface area contributed by atoms with Crippen LogP contribution in [0.1, 0.15) is 20.3 Å². The normalized spacial score (nSPS) is 14.3. The Morgan fingerprint density at radius 1 is 1.53 bits per heavy atom. The lowest BCUT2D eigenvalue weighted by Gasteiger charge is -2.18. The van der Waals surface area contributed by atoms with E-state index in [0.717, 1.165) is 6.42 Å². The molecule has 4 nitrogen and oxygen atoms in total. The van der Waals surface area contributed by atoms with Crippen LogP contribution in [0.5, 0.6) is 0 Å². The third-order valence-electron chi connectivity index (χ3n) is 2.10. The molecule has 0 saturated carbocycles. The van der Waals surface area contributed by atoms with Crippen LogP contribution >= 0.6 is 0 Å². The van der Waals surface area contributed by atoms with Crippen LogP contribution in [0.3, 0.4) is 0 Å². The molecule has 0 rings (SSSR count). The first kappa shape index (κ1) is 14.1. The van der Waals surface area contributed by atoms with E-state index in [1.165, 1.54) is 0 Å². The van der Waals surface area contributed by atoms with Crippen molar-refractivity contribution in [1.29, 1.82) is 0 Å². The molecule has 0 saturated heterocycles. The van der Waals surface area contributed by atoms with E-state index in [1.807, 2.05) is 13.8 Å². The Morgan fingerprint density at radius 2 is 2.20 bits per heavy atom. The van der Waals surface area contributed by atoms with Gasteiger partial charge in [-0.15, -0.1) is 6.58 Å². The van der Waals surface area contributed by atoms with Crippen LogP contribution in [0.2, 0.25) is 0 Å². The Morgan fingerprint density at radius 3 is 2.73 bits per heavy atom. The summed E-state index contributed by atoms with van der Waals surface area (Å²) in [6.07, 6.45) is 2.56. The average molecular weight is 214 g/mol. The molecule has 0 aliphatic carbocycles. The number of carbonyl (C=O) groups excluding carboxylic acids is 1. The molecule has 15 heavy (non-hydrogen) atoms. The quantitative estimate of drug-likeness (QED) is 0.585. The number of hydrogen-bond donors (Lipinski definition) is 2. The second-order valence-corrected chi connectivity index (χ2v) is 3.60. The Bertz CT molecular complexity index is 195. The maximum Gasteiger partial charge on any atom is 0.237 e. The fraction of sp³-hybridized carbons (Fsp3) is 0.727. The third kappa shape index (κ3) is 7.11. The Hall–Kier alpha value is -0.870. The monoisotopic (exact) mass is 214 g/mol. The van der Waals surface area contributed by atoms with Crippen molar-refractivity contribution in [3.8, 4) is 0 Å². The van der Waals surface area contributed by atoms with Gasteiger partial charge in [0.15, 0.2) is 0 Å². The van der Waals surface area contributed by atoms with Crippen LogP contribution in [0.25, 0.3) is 0 Å². The summed E-state index contributed by atoms with van der Waals surface area (Å²) < 4.78 is 4.97. The van der Waals surface area contributed by atoms with Crippen molar-refractivity contribution >= 4 is 5.91 Å². The lowest BCUT2D eigenvalue weighted by atomic mass is 10.2. The van der Waals surface area contributed by atoms with Crippen molar-refractivity contribution in [3.05, 3.63) is 12.7 Å². The maximum atomic E-state index is 11.5. The van der Waals surface area contributed by atoms with Crippen molar-refractivity contribution in [2.45, 2.75) is 32.4 Å². The smallest absolute Gasteiger partial charge is 0.237 e. The summed E-state index contributed by atoms with van der Waals surface area (Å²) in [6, 6.07) is 0.0891. The highest BCUT2D eigenvalue weighted by atomic mass is 16.5. The summed E-state index contributed by atoms with van der Waals surface area (Å²) in [5.74, 6) is -0.000771. The maximum absolute atomic E-state index is 11.5. The zero-order valence-electron chi connectivity index (χ0n) is 9.88. The van der Waals surface area contributed by atoms with E-state index in [4.69, 9.17) is 4.74 Å². The number of carbonyl (C=O) groups is 1. The minimum atomic E-state index is -0.184. The molecule has 0 bridgehead atoms. The summed E-state index contributed by atoms with van der Waals surface area (Å²) in [5, 5.41) is 5.94. The zero-order chi connectivity index (χ0) is 11.7.